The van der Waals surface area contributed by atoms with Gasteiger partial charge in [-0.15, -0.1) is 0 Å². The van der Waals surface area contributed by atoms with Crippen molar-refractivity contribution < 1.29 is 46.3 Å². The van der Waals surface area contributed by atoms with Gasteiger partial charge >= 0.3 is 12.1 Å². The predicted molar refractivity (Wildman–Crippen MR) is 147 cm³/mol. The number of para-hydroxylation sites is 1. The van der Waals surface area contributed by atoms with Crippen LogP contribution in [0.3, 0.4) is 0 Å². The second-order valence-corrected chi connectivity index (χ2v) is 9.98. The highest BCUT2D eigenvalue weighted by Gasteiger charge is 2.44. The fourth-order valence-corrected chi connectivity index (χ4v) is 4.80. The van der Waals surface area contributed by atoms with Crippen molar-refractivity contribution in [2.45, 2.75) is 25.7 Å². The molecule has 2 aromatic carbocycles. The summed E-state index contributed by atoms with van der Waals surface area (Å²) < 4.78 is 48.6. The molecule has 14 heteroatoms. The molecule has 2 atom stereocenters. The number of carbonyl (C=O) groups excluding carboxylic acids is 4. The van der Waals surface area contributed by atoms with E-state index >= 15 is 0 Å². The summed E-state index contributed by atoms with van der Waals surface area (Å²) in [6, 6.07) is 17.6. The minimum atomic E-state index is -5.33. The third kappa shape index (κ3) is 6.80. The van der Waals surface area contributed by atoms with Crippen LogP contribution < -0.4 is 15.5 Å². The number of pyridine rings is 1. The van der Waals surface area contributed by atoms with Crippen LogP contribution in [0.15, 0.2) is 77.4 Å². The quantitative estimate of drug-likeness (QED) is 0.302. The largest absolute Gasteiger partial charge is 0.493 e. The number of likely N-dealkylation sites (tertiary alicyclic amines) is 1. The van der Waals surface area contributed by atoms with Crippen LogP contribution >= 0.6 is 0 Å². The SMILES string of the molecule is Cc1cc(COc2ccc(C(=O)N[C@@H]3CN(C(=O)c4ccco4)C[C@@H]3C(=O)NOC(=O)C(F)(F)F)cc2)c2ccccc2n1. The average molecular weight is 611 g/mol. The Morgan fingerprint density at radius 2 is 1.77 bits per heavy atom. The van der Waals surface area contributed by atoms with Crippen molar-refractivity contribution in [3.63, 3.8) is 0 Å². The number of benzene rings is 2. The summed E-state index contributed by atoms with van der Waals surface area (Å²) in [6.45, 7) is 1.68. The number of aryl methyl sites for hydroxylation is 1. The number of ether oxygens (including phenoxy) is 1. The number of amides is 3. The molecule has 0 unspecified atom stereocenters. The van der Waals surface area contributed by atoms with E-state index < -0.39 is 41.8 Å². The van der Waals surface area contributed by atoms with Crippen molar-refractivity contribution in [3.05, 3.63) is 95.6 Å². The minimum Gasteiger partial charge on any atom is -0.489 e. The van der Waals surface area contributed by atoms with E-state index in [2.05, 4.69) is 15.1 Å². The Morgan fingerprint density at radius 1 is 1.02 bits per heavy atom. The first-order valence-electron chi connectivity index (χ1n) is 13.3. The van der Waals surface area contributed by atoms with Gasteiger partial charge in [0.1, 0.15) is 12.4 Å². The lowest BCUT2D eigenvalue weighted by Gasteiger charge is -2.19. The highest BCUT2D eigenvalue weighted by Crippen LogP contribution is 2.24. The zero-order chi connectivity index (χ0) is 31.4. The van der Waals surface area contributed by atoms with Gasteiger partial charge in [-0.1, -0.05) is 18.2 Å². The number of rotatable bonds is 7. The number of hydrogen-bond acceptors (Lipinski definition) is 8. The number of carbonyl (C=O) groups is 4. The van der Waals surface area contributed by atoms with Crippen molar-refractivity contribution in [1.29, 1.82) is 0 Å². The van der Waals surface area contributed by atoms with Crippen molar-refractivity contribution in [2.24, 2.45) is 5.92 Å². The van der Waals surface area contributed by atoms with Crippen LogP contribution in [0, 0.1) is 12.8 Å². The predicted octanol–water partition coefficient (Wildman–Crippen LogP) is 3.72. The monoisotopic (exact) mass is 610 g/mol. The molecule has 3 heterocycles. The Bertz CT molecular complexity index is 1690. The van der Waals surface area contributed by atoms with Gasteiger partial charge in [0.2, 0.25) is 0 Å². The van der Waals surface area contributed by atoms with Gasteiger partial charge in [0.25, 0.3) is 17.7 Å². The third-order valence-corrected chi connectivity index (χ3v) is 6.91. The van der Waals surface area contributed by atoms with Crippen LogP contribution in [0.4, 0.5) is 13.2 Å². The summed E-state index contributed by atoms with van der Waals surface area (Å²) in [5, 5.41) is 3.60. The van der Waals surface area contributed by atoms with E-state index in [0.717, 1.165) is 22.2 Å². The Morgan fingerprint density at radius 3 is 2.48 bits per heavy atom. The molecule has 11 nitrogen and oxygen atoms in total. The summed E-state index contributed by atoms with van der Waals surface area (Å²) in [6.07, 6.45) is -4.06. The Kier molecular flexibility index (Phi) is 8.51. The second kappa shape index (κ2) is 12.5. The van der Waals surface area contributed by atoms with Crippen molar-refractivity contribution in [1.82, 2.24) is 20.7 Å². The lowest BCUT2D eigenvalue weighted by atomic mass is 10.0. The summed E-state index contributed by atoms with van der Waals surface area (Å²) in [7, 11) is 0. The van der Waals surface area contributed by atoms with Gasteiger partial charge in [-0.25, -0.2) is 4.79 Å². The highest BCUT2D eigenvalue weighted by molar-refractivity contribution is 5.96. The van der Waals surface area contributed by atoms with E-state index in [1.807, 2.05) is 37.3 Å². The lowest BCUT2D eigenvalue weighted by molar-refractivity contribution is -0.207. The van der Waals surface area contributed by atoms with Gasteiger partial charge < -0.3 is 24.2 Å². The van der Waals surface area contributed by atoms with Crippen molar-refractivity contribution in [2.75, 3.05) is 13.1 Å². The number of furan rings is 1. The van der Waals surface area contributed by atoms with E-state index in [-0.39, 0.29) is 31.0 Å². The zero-order valence-corrected chi connectivity index (χ0v) is 23.1. The Labute approximate surface area is 247 Å². The van der Waals surface area contributed by atoms with Crippen LogP contribution in [0.2, 0.25) is 0 Å². The number of nitrogens with one attached hydrogen (secondary N) is 2. The third-order valence-electron chi connectivity index (χ3n) is 6.91. The van der Waals surface area contributed by atoms with Crippen LogP contribution in [0.1, 0.15) is 32.2 Å². The molecule has 1 fully saturated rings. The Hall–Kier alpha value is -5.40. The van der Waals surface area contributed by atoms with E-state index in [1.54, 1.807) is 12.1 Å². The normalized spacial score (nSPS) is 16.4. The van der Waals surface area contributed by atoms with Gasteiger partial charge in [0.15, 0.2) is 5.76 Å². The second-order valence-electron chi connectivity index (χ2n) is 9.98. The molecular weight excluding hydrogens is 585 g/mol. The molecule has 1 aliphatic rings. The molecule has 228 valence electrons. The molecule has 2 aromatic heterocycles. The first kappa shape index (κ1) is 30.1. The van der Waals surface area contributed by atoms with Crippen LogP contribution in [-0.2, 0) is 21.0 Å². The van der Waals surface area contributed by atoms with Crippen LogP contribution in [-0.4, -0.2) is 58.9 Å². The summed E-state index contributed by atoms with van der Waals surface area (Å²) in [4.78, 5) is 59.3. The fraction of sp³-hybridized carbons (Fsp3) is 0.233. The van der Waals surface area contributed by atoms with Crippen molar-refractivity contribution in [3.8, 4) is 5.75 Å². The van der Waals surface area contributed by atoms with E-state index in [9.17, 15) is 32.3 Å². The van der Waals surface area contributed by atoms with Gasteiger partial charge in [-0.3, -0.25) is 19.4 Å². The summed E-state index contributed by atoms with van der Waals surface area (Å²) >= 11 is 0. The highest BCUT2D eigenvalue weighted by atomic mass is 19.4. The molecule has 0 aliphatic carbocycles. The topological polar surface area (TPSA) is 140 Å². The van der Waals surface area contributed by atoms with Crippen LogP contribution in [0.25, 0.3) is 10.9 Å². The Balaban J connectivity index is 1.25. The average Bonchev–Trinajstić information content (AvgIpc) is 3.69. The molecule has 1 saturated heterocycles. The minimum absolute atomic E-state index is 0.0369. The first-order chi connectivity index (χ1) is 21.0. The van der Waals surface area contributed by atoms with Gasteiger partial charge in [0, 0.05) is 35.3 Å². The van der Waals surface area contributed by atoms with E-state index in [0.29, 0.717) is 5.75 Å². The molecule has 4 aromatic rings. The molecule has 44 heavy (non-hydrogen) atoms. The zero-order valence-electron chi connectivity index (χ0n) is 23.1. The first-order valence-corrected chi connectivity index (χ1v) is 13.3. The maximum Gasteiger partial charge on any atom is 0.493 e. The molecule has 0 saturated carbocycles. The number of fused-ring (bicyclic) bond motifs is 1. The molecule has 1 aliphatic heterocycles. The summed E-state index contributed by atoms with van der Waals surface area (Å²) in [5.41, 5.74) is 4.30. The number of hydroxylamine groups is 1. The molecule has 0 spiro atoms. The number of hydrogen-bond donors (Lipinski definition) is 2. The van der Waals surface area contributed by atoms with Gasteiger partial charge in [-0.05, 0) is 55.5 Å². The van der Waals surface area contributed by atoms with Gasteiger partial charge in [0.05, 0.1) is 23.7 Å². The van der Waals surface area contributed by atoms with Crippen LogP contribution in [0.5, 0.6) is 5.75 Å². The molecule has 3 amide bonds. The smallest absolute Gasteiger partial charge is 0.489 e. The standard InChI is InChI=1S/C30H25F3N4O7/c1-17-13-19(21-5-2-3-6-23(21)34-17)16-43-20-10-8-18(9-11-20)26(38)35-24-15-37(28(40)25-7-4-12-42-25)14-22(24)27(39)36-44-29(41)30(31,32)33/h2-13,22,24H,14-16H2,1H3,(H,35,38)(H,36,39)/t22-,24+/m0/s1. The molecular formula is C30H25F3N4O7. The number of aromatic nitrogens is 1. The maximum atomic E-state index is 13.1. The number of nitrogens with zero attached hydrogens (tertiary/aromatic N) is 2. The number of alkyl halides is 3. The fourth-order valence-electron chi connectivity index (χ4n) is 4.80. The molecule has 0 radical (unpaired) electrons. The maximum absolute atomic E-state index is 13.1. The van der Waals surface area contributed by atoms with E-state index in [1.165, 1.54) is 40.9 Å². The van der Waals surface area contributed by atoms with Crippen molar-refractivity contribution >= 4 is 34.6 Å². The molecule has 5 rings (SSSR count). The van der Waals surface area contributed by atoms with E-state index in [4.69, 9.17) is 9.15 Å². The van der Waals surface area contributed by atoms with Gasteiger partial charge in [-0.2, -0.15) is 18.7 Å². The molecule has 0 bridgehead atoms. The molecule has 2 N–H and O–H groups in total. The summed E-state index contributed by atoms with van der Waals surface area (Å²) in [5.74, 6) is -5.77. The number of halogens is 3. The lowest BCUT2D eigenvalue weighted by Crippen LogP contribution is -2.47.